The maximum atomic E-state index is 13.1. The summed E-state index contributed by atoms with van der Waals surface area (Å²) < 4.78 is 0. The molecular weight excluding hydrogens is 386 g/mol. The molecule has 0 aromatic heterocycles. The van der Waals surface area contributed by atoms with E-state index in [-0.39, 0.29) is 18.0 Å². The molecule has 0 saturated heterocycles. The zero-order chi connectivity index (χ0) is 22.0. The van der Waals surface area contributed by atoms with Crippen molar-refractivity contribution in [1.82, 2.24) is 5.32 Å². The second kappa shape index (κ2) is 8.64. The van der Waals surface area contributed by atoms with Crippen molar-refractivity contribution in [1.29, 1.82) is 0 Å². The van der Waals surface area contributed by atoms with Gasteiger partial charge in [-0.2, -0.15) is 0 Å². The summed E-state index contributed by atoms with van der Waals surface area (Å²) in [5.74, 6) is 0.00411. The lowest BCUT2D eigenvalue weighted by molar-refractivity contribution is 0.0981. The van der Waals surface area contributed by atoms with Crippen LogP contribution in [0.4, 0.5) is 16.2 Å². The van der Waals surface area contributed by atoms with Crippen LogP contribution in [-0.4, -0.2) is 18.0 Å². The number of nitrogens with zero attached hydrogens (tertiary/aromatic N) is 1. The maximum absolute atomic E-state index is 13.1. The topological polar surface area (TPSA) is 61.4 Å². The fourth-order valence-electron chi connectivity index (χ4n) is 3.97. The zero-order valence-corrected chi connectivity index (χ0v) is 18.1. The molecule has 3 amide bonds. The van der Waals surface area contributed by atoms with Gasteiger partial charge < -0.3 is 15.5 Å². The number of fused-ring (bicyclic) bond motifs is 1. The minimum Gasteiger partial charge on any atom is -0.334 e. The highest BCUT2D eigenvalue weighted by Gasteiger charge is 2.31. The van der Waals surface area contributed by atoms with Crippen LogP contribution < -0.4 is 15.5 Å². The summed E-state index contributed by atoms with van der Waals surface area (Å²) in [5, 5.41) is 5.78. The lowest BCUT2D eigenvalue weighted by Crippen LogP contribution is -2.35. The van der Waals surface area contributed by atoms with E-state index in [2.05, 4.69) is 23.6 Å². The largest absolute Gasteiger partial charge is 0.334 e. The summed E-state index contributed by atoms with van der Waals surface area (Å²) in [4.78, 5) is 27.3. The normalized spacial score (nSPS) is 14.8. The molecule has 0 saturated carbocycles. The van der Waals surface area contributed by atoms with E-state index < -0.39 is 0 Å². The summed E-state index contributed by atoms with van der Waals surface area (Å²) in [6, 6.07) is 21.1. The molecule has 0 radical (unpaired) electrons. The molecule has 1 atom stereocenters. The van der Waals surface area contributed by atoms with E-state index in [4.69, 9.17) is 0 Å². The van der Waals surface area contributed by atoms with Crippen LogP contribution in [0.1, 0.15) is 39.5 Å². The van der Waals surface area contributed by atoms with Gasteiger partial charge in [0.05, 0.1) is 0 Å². The van der Waals surface area contributed by atoms with Gasteiger partial charge in [0.25, 0.3) is 5.91 Å². The smallest absolute Gasteiger partial charge is 0.319 e. The van der Waals surface area contributed by atoms with E-state index in [1.165, 1.54) is 5.56 Å². The van der Waals surface area contributed by atoms with Crippen LogP contribution in [0.25, 0.3) is 0 Å². The average Bonchev–Trinajstić information content (AvgIpc) is 3.10. The Morgan fingerprint density at radius 1 is 0.968 bits per heavy atom. The summed E-state index contributed by atoms with van der Waals surface area (Å²) >= 11 is 0. The number of hydrogen-bond acceptors (Lipinski definition) is 2. The standard InChI is InChI=1S/C26H27N3O2/c1-17-9-12-23(13-18(17)2)28-26(31)27-16-20-10-11-22-14-19(3)29(24(22)15-20)25(30)21-7-5-4-6-8-21/h4-13,15,19H,14,16H2,1-3H3,(H2,27,28,31). The van der Waals surface area contributed by atoms with Crippen LogP contribution in [0.3, 0.4) is 0 Å². The molecule has 1 unspecified atom stereocenters. The Morgan fingerprint density at radius 2 is 1.74 bits per heavy atom. The number of anilines is 2. The second-order valence-electron chi connectivity index (χ2n) is 8.16. The Balaban J connectivity index is 1.45. The van der Waals surface area contributed by atoms with E-state index in [0.29, 0.717) is 12.1 Å². The fourth-order valence-corrected chi connectivity index (χ4v) is 3.97. The summed E-state index contributed by atoms with van der Waals surface area (Å²) in [6.45, 7) is 6.51. The van der Waals surface area contributed by atoms with Gasteiger partial charge in [0, 0.05) is 29.5 Å². The molecular formula is C26H27N3O2. The summed E-state index contributed by atoms with van der Waals surface area (Å²) in [6.07, 6.45) is 0.828. The van der Waals surface area contributed by atoms with Gasteiger partial charge in [-0.1, -0.05) is 36.4 Å². The number of benzene rings is 3. The van der Waals surface area contributed by atoms with Gasteiger partial charge in [-0.25, -0.2) is 4.79 Å². The Kier molecular flexibility index (Phi) is 5.76. The van der Waals surface area contributed by atoms with E-state index in [0.717, 1.165) is 34.5 Å². The van der Waals surface area contributed by atoms with Gasteiger partial charge in [0.1, 0.15) is 0 Å². The maximum Gasteiger partial charge on any atom is 0.319 e. The molecule has 4 rings (SSSR count). The lowest BCUT2D eigenvalue weighted by atomic mass is 10.1. The SMILES string of the molecule is Cc1ccc(NC(=O)NCc2ccc3c(c2)N(C(=O)c2ccccc2)C(C)C3)cc1C. The summed E-state index contributed by atoms with van der Waals surface area (Å²) in [7, 11) is 0. The molecule has 1 heterocycles. The van der Waals surface area contributed by atoms with Crippen molar-refractivity contribution in [3.63, 3.8) is 0 Å². The van der Waals surface area contributed by atoms with Crippen LogP contribution >= 0.6 is 0 Å². The molecule has 1 aliphatic rings. The number of carbonyl (C=O) groups excluding carboxylic acids is 2. The quantitative estimate of drug-likeness (QED) is 0.616. The van der Waals surface area contributed by atoms with Crippen LogP contribution in [0, 0.1) is 13.8 Å². The van der Waals surface area contributed by atoms with E-state index in [9.17, 15) is 9.59 Å². The van der Waals surface area contributed by atoms with Crippen LogP contribution in [0.15, 0.2) is 66.7 Å². The number of amides is 3. The van der Waals surface area contributed by atoms with Crippen molar-refractivity contribution in [2.75, 3.05) is 10.2 Å². The highest BCUT2D eigenvalue weighted by atomic mass is 16.2. The Morgan fingerprint density at radius 3 is 2.48 bits per heavy atom. The Bertz CT molecular complexity index is 1120. The molecule has 0 aliphatic carbocycles. The Hall–Kier alpha value is -3.60. The molecule has 1 aliphatic heterocycles. The van der Waals surface area contributed by atoms with E-state index in [1.807, 2.05) is 79.4 Å². The first kappa shape index (κ1) is 20.7. The molecule has 31 heavy (non-hydrogen) atoms. The molecule has 2 N–H and O–H groups in total. The van der Waals surface area contributed by atoms with Gasteiger partial charge >= 0.3 is 6.03 Å². The van der Waals surface area contributed by atoms with Crippen LogP contribution in [-0.2, 0) is 13.0 Å². The van der Waals surface area contributed by atoms with Gasteiger partial charge in [-0.05, 0) is 79.8 Å². The first-order valence-corrected chi connectivity index (χ1v) is 10.5. The lowest BCUT2D eigenvalue weighted by Gasteiger charge is -2.23. The number of hydrogen-bond donors (Lipinski definition) is 2. The molecule has 158 valence electrons. The fraction of sp³-hybridized carbons (Fsp3) is 0.231. The molecule has 0 spiro atoms. The third-order valence-electron chi connectivity index (χ3n) is 5.82. The number of carbonyl (C=O) groups is 2. The van der Waals surface area contributed by atoms with E-state index in [1.54, 1.807) is 0 Å². The predicted molar refractivity (Wildman–Crippen MR) is 125 cm³/mol. The minimum atomic E-state index is -0.255. The van der Waals surface area contributed by atoms with Crippen LogP contribution in [0.5, 0.6) is 0 Å². The second-order valence-corrected chi connectivity index (χ2v) is 8.16. The van der Waals surface area contributed by atoms with Gasteiger partial charge in [-0.3, -0.25) is 4.79 Å². The van der Waals surface area contributed by atoms with Crippen molar-refractivity contribution < 1.29 is 9.59 Å². The van der Waals surface area contributed by atoms with Crippen molar-refractivity contribution in [2.24, 2.45) is 0 Å². The molecule has 5 heteroatoms. The van der Waals surface area contributed by atoms with Crippen molar-refractivity contribution in [3.05, 3.63) is 94.5 Å². The number of urea groups is 1. The van der Waals surface area contributed by atoms with Crippen LogP contribution in [0.2, 0.25) is 0 Å². The minimum absolute atomic E-state index is 0.00411. The highest BCUT2D eigenvalue weighted by molar-refractivity contribution is 6.07. The van der Waals surface area contributed by atoms with Gasteiger partial charge in [-0.15, -0.1) is 0 Å². The predicted octanol–water partition coefficient (Wildman–Crippen LogP) is 5.22. The first-order chi connectivity index (χ1) is 14.9. The third kappa shape index (κ3) is 4.45. The Labute approximate surface area is 183 Å². The van der Waals surface area contributed by atoms with E-state index >= 15 is 0 Å². The monoisotopic (exact) mass is 413 g/mol. The van der Waals surface area contributed by atoms with Gasteiger partial charge in [0.15, 0.2) is 0 Å². The summed E-state index contributed by atoms with van der Waals surface area (Å²) in [5.41, 5.74) is 6.80. The number of nitrogens with one attached hydrogen (secondary N) is 2. The molecule has 0 fully saturated rings. The molecule has 3 aromatic carbocycles. The van der Waals surface area contributed by atoms with Crippen molar-refractivity contribution >= 4 is 23.3 Å². The van der Waals surface area contributed by atoms with Gasteiger partial charge in [0.2, 0.25) is 0 Å². The highest BCUT2D eigenvalue weighted by Crippen LogP contribution is 2.34. The number of rotatable bonds is 4. The van der Waals surface area contributed by atoms with Crippen molar-refractivity contribution in [2.45, 2.75) is 39.8 Å². The zero-order valence-electron chi connectivity index (χ0n) is 18.1. The molecule has 5 nitrogen and oxygen atoms in total. The first-order valence-electron chi connectivity index (χ1n) is 10.5. The third-order valence-corrected chi connectivity index (χ3v) is 5.82. The molecule has 0 bridgehead atoms. The van der Waals surface area contributed by atoms with Crippen molar-refractivity contribution in [3.8, 4) is 0 Å². The number of aryl methyl sites for hydroxylation is 2. The average molecular weight is 414 g/mol. The molecule has 3 aromatic rings.